The van der Waals surface area contributed by atoms with Crippen LogP contribution < -0.4 is 34.2 Å². The van der Waals surface area contributed by atoms with Crippen molar-refractivity contribution in [2.75, 3.05) is 42.3 Å². The van der Waals surface area contributed by atoms with Crippen molar-refractivity contribution in [2.24, 2.45) is 0 Å². The lowest BCUT2D eigenvalue weighted by molar-refractivity contribution is -0.469. The van der Waals surface area contributed by atoms with Gasteiger partial charge in [0.2, 0.25) is 35.1 Å². The maximum absolute atomic E-state index is 11.1. The molecule has 9 rings (SSSR count). The normalized spacial score (nSPS) is 10.9. The predicted molar refractivity (Wildman–Crippen MR) is 275 cm³/mol. The number of fused-ring (bicyclic) bond motifs is 3. The molecule has 14 N–H and O–H groups in total. The van der Waals surface area contributed by atoms with Crippen molar-refractivity contribution >= 4 is 138 Å². The van der Waals surface area contributed by atoms with Crippen molar-refractivity contribution in [3.63, 3.8) is 0 Å². The van der Waals surface area contributed by atoms with E-state index in [0.717, 1.165) is 6.07 Å². The minimum absolute atomic E-state index is 0. The SMILES string of the molecule is CCOC(=O)CC(=O)Nc1ncc[nH]1.CCOC(=O)CC(=O)OCC.Clc1cc(Cl)n2ccnc2n1.N.Nc1cc(N)n2ccnc2n1.Nc1ncc[nH]1.O=P(Cl)(Cl)Cl.O=S1OOO1.O=c1cc(O)n2ccnc2[nH]1.[2HH]. The summed E-state index contributed by atoms with van der Waals surface area (Å²) in [5, 5.41) is 12.7. The van der Waals surface area contributed by atoms with Crippen LogP contribution in [-0.4, -0.2) is 116 Å². The van der Waals surface area contributed by atoms with Crippen molar-refractivity contribution in [1.29, 1.82) is 0 Å². The third-order valence-corrected chi connectivity index (χ3v) is 7.87. The van der Waals surface area contributed by atoms with Crippen LogP contribution in [0.2, 0.25) is 10.3 Å². The molecule has 1 fully saturated rings. The number of ether oxygens (including phenoxy) is 3. The average molecular weight is 1200 g/mol. The molecular weight excluding hydrogens is 1150 g/mol. The summed E-state index contributed by atoms with van der Waals surface area (Å²) >= 11 is 23.7. The van der Waals surface area contributed by atoms with Crippen LogP contribution in [0, 0.1) is 0 Å². The van der Waals surface area contributed by atoms with Gasteiger partial charge in [-0.3, -0.25) is 52.0 Å². The number of hydrogen-bond donors (Lipinski definition) is 9. The third kappa shape index (κ3) is 28.2. The number of anilines is 4. The van der Waals surface area contributed by atoms with E-state index in [1.807, 2.05) is 0 Å². The second kappa shape index (κ2) is 35.1. The summed E-state index contributed by atoms with van der Waals surface area (Å²) in [5.74, 6) is 0.939. The quantitative estimate of drug-likeness (QED) is 0.0238. The number of amides is 1. The average Bonchev–Trinajstić information content (AvgIpc) is 4.16. The standard InChI is InChI=1S/C8H11N3O3.C7H12O4.C6H3Cl2N3.C6H7N5.C6H5N3O2.C3H5N3.Cl3OP.H3N.O4S.H2/c1-2-14-7(13)5-6(12)11-8-9-3-4-10-8;1-3-10-6(8)5-7(9)11-4-2;2*7-4-3-5(8)11-2-1-9-6(11)10-4;10-4-3-5(11)9-2-1-7-6(9)8-4;4-3-5-1-2-6-3;1-5(2,3)4;;1-5-3-2-4-5;/h3-4H,2,5H2,1H3,(H2,9,10,11,12);3-5H2,1-2H3;1-3H;1-3H,8H2,(H2,7,9,10);1-3,11H,(H,7,8,10);1-2H,(H3,4,5,6);;1H3;;1H/i;;;;;;;;;1+1. The topological polar surface area (TPSA) is 471 Å². The number of aromatic amines is 3. The largest absolute Gasteiger partial charge is 0.494 e. The zero-order valence-corrected chi connectivity index (χ0v) is 44.4. The van der Waals surface area contributed by atoms with E-state index >= 15 is 0 Å². The maximum Gasteiger partial charge on any atom is 0.367 e. The number of halogens is 5. The zero-order valence-electron chi connectivity index (χ0n) is 39.0. The second-order valence-corrected chi connectivity index (χ2v) is 20.4. The number of carbonyl (C=O) groups is 4. The molecule has 1 aliphatic heterocycles. The van der Waals surface area contributed by atoms with E-state index in [0.29, 0.717) is 51.2 Å². The third-order valence-electron chi connectivity index (χ3n) is 7.06. The number of imidazole rings is 5. The predicted octanol–water partition coefficient (Wildman–Crippen LogP) is 5.13. The summed E-state index contributed by atoms with van der Waals surface area (Å²) in [6, 6.07) is 4.25. The Hall–Kier alpha value is -7.17. The van der Waals surface area contributed by atoms with Crippen LogP contribution in [0.3, 0.4) is 0 Å². The monoisotopic (exact) mass is 1200 g/mol. The van der Waals surface area contributed by atoms with Crippen molar-refractivity contribution in [2.45, 2.75) is 33.6 Å². The van der Waals surface area contributed by atoms with Crippen LogP contribution in [0.1, 0.15) is 35.0 Å². The van der Waals surface area contributed by atoms with Gasteiger partial charge in [0.05, 0.1) is 25.9 Å². The molecule has 0 spiro atoms. The molecule has 0 aromatic carbocycles. The highest BCUT2D eigenvalue weighted by molar-refractivity contribution is 8.24. The van der Waals surface area contributed by atoms with Gasteiger partial charge >= 0.3 is 34.5 Å². The Labute approximate surface area is 450 Å². The van der Waals surface area contributed by atoms with E-state index < -0.39 is 40.4 Å². The Balaban J connectivity index is 0.000000859. The Morgan fingerprint density at radius 3 is 1.75 bits per heavy atom. The first-order valence-corrected chi connectivity index (χ1v) is 26.1. The van der Waals surface area contributed by atoms with Gasteiger partial charge in [-0.25, -0.2) is 29.9 Å². The Morgan fingerprint density at radius 2 is 1.27 bits per heavy atom. The molecule has 8 aromatic rings. The molecule has 75 heavy (non-hydrogen) atoms. The van der Waals surface area contributed by atoms with Gasteiger partial charge in [0.1, 0.15) is 34.8 Å². The zero-order chi connectivity index (χ0) is 55.2. The fourth-order valence-corrected chi connectivity index (χ4v) is 5.00. The molecule has 0 radical (unpaired) electrons. The number of rotatable bonds is 8. The van der Waals surface area contributed by atoms with Crippen molar-refractivity contribution in [1.82, 2.24) is 69.2 Å². The minimum Gasteiger partial charge on any atom is -0.494 e. The fraction of sp³-hybridized carbons (Fsp3) is 0.222. The number of nitrogens with one attached hydrogen (secondary N) is 4. The lowest BCUT2D eigenvalue weighted by atomic mass is 10.4. The summed E-state index contributed by atoms with van der Waals surface area (Å²) in [4.78, 5) is 88.7. The lowest BCUT2D eigenvalue weighted by Gasteiger charge is -2.02. The molecule has 0 bridgehead atoms. The van der Waals surface area contributed by atoms with E-state index in [9.17, 15) is 32.7 Å². The molecule has 0 saturated carbocycles. The lowest BCUT2D eigenvalue weighted by Crippen LogP contribution is -2.18. The summed E-state index contributed by atoms with van der Waals surface area (Å²) < 4.78 is 44.6. The Kier molecular flexibility index (Phi) is 30.8. The van der Waals surface area contributed by atoms with E-state index in [1.165, 1.54) is 16.8 Å². The number of aromatic hydroxyl groups is 1. The first-order valence-electron chi connectivity index (χ1n) is 19.9. The van der Waals surface area contributed by atoms with Crippen LogP contribution >= 0.6 is 62.1 Å². The molecule has 9 heterocycles. The van der Waals surface area contributed by atoms with E-state index in [1.54, 1.807) is 91.3 Å². The number of hydrogen-bond acceptors (Lipinski definition) is 25. The molecule has 8 aromatic heterocycles. The first-order chi connectivity index (χ1) is 35.0. The summed E-state index contributed by atoms with van der Waals surface area (Å²) in [5.41, 5.74) is 15.8. The van der Waals surface area contributed by atoms with Gasteiger partial charge in [0, 0.05) is 75.5 Å². The van der Waals surface area contributed by atoms with Crippen LogP contribution in [0.5, 0.6) is 5.88 Å². The molecule has 0 unspecified atom stereocenters. The number of nitrogen functional groups attached to an aromatic ring is 3. The molecular formula is C36H48Cl5N18O14PS. The van der Waals surface area contributed by atoms with Gasteiger partial charge in [-0.1, -0.05) is 31.9 Å². The van der Waals surface area contributed by atoms with Gasteiger partial charge in [0.25, 0.3) is 5.56 Å². The molecule has 412 valence electrons. The van der Waals surface area contributed by atoms with Crippen LogP contribution in [0.15, 0.2) is 85.0 Å². The molecule has 1 saturated heterocycles. The second-order valence-electron chi connectivity index (χ2n) is 12.4. The van der Waals surface area contributed by atoms with Crippen LogP contribution in [-0.2, 0) is 63.0 Å². The Bertz CT molecular complexity index is 3010. The smallest absolute Gasteiger partial charge is 0.367 e. The van der Waals surface area contributed by atoms with E-state index in [-0.39, 0.29) is 51.7 Å². The fourth-order valence-electron chi connectivity index (χ4n) is 4.43. The highest BCUT2D eigenvalue weighted by Gasteiger charge is 2.14. The number of carbonyl (C=O) groups excluding carboxylic acids is 4. The van der Waals surface area contributed by atoms with Gasteiger partial charge in [-0.05, 0) is 59.5 Å². The number of H-pyrrole nitrogens is 3. The highest BCUT2D eigenvalue weighted by atomic mass is 36.0. The summed E-state index contributed by atoms with van der Waals surface area (Å²) in [6.45, 7) is 5.90. The van der Waals surface area contributed by atoms with E-state index in [4.69, 9.17) is 45.5 Å². The molecule has 1 aliphatic rings. The number of nitrogens with zero attached hydrogens (tertiary/aromatic N) is 10. The molecule has 0 aliphatic carbocycles. The minimum atomic E-state index is -3.22. The molecule has 0 atom stereocenters. The van der Waals surface area contributed by atoms with Gasteiger partial charge < -0.3 is 52.6 Å². The highest BCUT2D eigenvalue weighted by Crippen LogP contribution is 2.61. The molecule has 1 amide bonds. The number of esters is 3. The first kappa shape index (κ1) is 65.8. The Morgan fingerprint density at radius 1 is 0.760 bits per heavy atom. The summed E-state index contributed by atoms with van der Waals surface area (Å²) in [7, 11) is 0. The van der Waals surface area contributed by atoms with Gasteiger partial charge in [-0.15, -0.1) is 0 Å². The maximum atomic E-state index is 11.1. The van der Waals surface area contributed by atoms with Crippen molar-refractivity contribution in [3.05, 3.63) is 101 Å². The van der Waals surface area contributed by atoms with Crippen LogP contribution in [0.4, 0.5) is 23.5 Å². The number of aromatic nitrogens is 13. The number of nitrogens with two attached hydrogens (primary N) is 3. The van der Waals surface area contributed by atoms with Crippen molar-refractivity contribution in [3.8, 4) is 5.88 Å². The van der Waals surface area contributed by atoms with Gasteiger partial charge in [-0.2, -0.15) is 9.19 Å². The van der Waals surface area contributed by atoms with E-state index in [2.05, 4.69) is 117 Å². The summed E-state index contributed by atoms with van der Waals surface area (Å²) in [6.07, 6.45) is 15.5. The van der Waals surface area contributed by atoms with Crippen molar-refractivity contribution < 1.29 is 62.4 Å². The molecule has 32 nitrogen and oxygen atoms in total. The molecule has 39 heteroatoms. The van der Waals surface area contributed by atoms with Crippen LogP contribution in [0.25, 0.3) is 17.3 Å². The van der Waals surface area contributed by atoms with Gasteiger partial charge in [0.15, 0.2) is 5.95 Å².